The first-order valence-electron chi connectivity index (χ1n) is 25.3. The van der Waals surface area contributed by atoms with Gasteiger partial charge in [0.1, 0.15) is 19.3 Å². The number of unbranched alkanes of at least 4 members (excludes halogenated alkanes) is 34. The molecule has 58 heavy (non-hydrogen) atoms. The summed E-state index contributed by atoms with van der Waals surface area (Å²) in [6.07, 6.45) is 47.0. The van der Waals surface area contributed by atoms with E-state index in [1.807, 2.05) is 21.1 Å². The van der Waals surface area contributed by atoms with Gasteiger partial charge < -0.3 is 27.9 Å². The number of rotatable bonds is 48. The van der Waals surface area contributed by atoms with Crippen LogP contribution in [-0.2, 0) is 27.9 Å². The molecule has 0 aliphatic rings. The normalized spacial score (nSPS) is 13.6. The average Bonchev–Trinajstić information content (AvgIpc) is 3.18. The van der Waals surface area contributed by atoms with E-state index < -0.39 is 13.9 Å². The molecule has 0 N–H and O–H groups in total. The average molecular weight is 846 g/mol. The van der Waals surface area contributed by atoms with Crippen LogP contribution in [0.25, 0.3) is 0 Å². The van der Waals surface area contributed by atoms with Crippen molar-refractivity contribution in [2.75, 3.05) is 54.1 Å². The molecule has 0 amide bonds. The summed E-state index contributed by atoms with van der Waals surface area (Å²) in [6, 6.07) is 0. The Morgan fingerprint density at radius 3 is 1.14 bits per heavy atom. The van der Waals surface area contributed by atoms with E-state index in [4.69, 9.17) is 18.5 Å². The number of ether oxygens (including phenoxy) is 2. The highest BCUT2D eigenvalue weighted by molar-refractivity contribution is 7.45. The number of carbonyl (C=O) groups excluding carboxylic acids is 1. The van der Waals surface area contributed by atoms with Crippen LogP contribution in [-0.4, -0.2) is 70.7 Å². The van der Waals surface area contributed by atoms with Gasteiger partial charge in [0, 0.05) is 13.0 Å². The van der Waals surface area contributed by atoms with Gasteiger partial charge >= 0.3 is 5.97 Å². The van der Waals surface area contributed by atoms with Gasteiger partial charge in [-0.1, -0.05) is 232 Å². The third-order valence-corrected chi connectivity index (χ3v) is 12.4. The first kappa shape index (κ1) is 57.5. The molecule has 2 atom stereocenters. The maximum atomic E-state index is 12.7. The van der Waals surface area contributed by atoms with E-state index in [-0.39, 0.29) is 25.8 Å². The number of likely N-dealkylation sites (N-methyl/N-ethyl adjacent to an activating group) is 1. The molecular formula is C49H100NO7P. The Morgan fingerprint density at radius 1 is 0.466 bits per heavy atom. The summed E-state index contributed by atoms with van der Waals surface area (Å²) < 4.78 is 34.7. The zero-order chi connectivity index (χ0) is 42.7. The van der Waals surface area contributed by atoms with E-state index in [2.05, 4.69) is 13.8 Å². The molecule has 0 aliphatic heterocycles. The molecule has 0 spiro atoms. The van der Waals surface area contributed by atoms with Gasteiger partial charge in [-0.15, -0.1) is 0 Å². The van der Waals surface area contributed by atoms with E-state index in [1.165, 1.54) is 199 Å². The van der Waals surface area contributed by atoms with E-state index in [9.17, 15) is 14.3 Å². The van der Waals surface area contributed by atoms with Crippen molar-refractivity contribution < 1.29 is 37.3 Å². The van der Waals surface area contributed by atoms with Crippen LogP contribution >= 0.6 is 7.82 Å². The van der Waals surface area contributed by atoms with Crippen LogP contribution in [0.1, 0.15) is 251 Å². The van der Waals surface area contributed by atoms with Gasteiger partial charge in [-0.25, -0.2) is 0 Å². The van der Waals surface area contributed by atoms with E-state index in [0.29, 0.717) is 24.1 Å². The third-order valence-electron chi connectivity index (χ3n) is 11.4. The number of esters is 1. The second-order valence-corrected chi connectivity index (χ2v) is 20.0. The second kappa shape index (κ2) is 43.2. The number of phosphoric acid groups is 1. The molecule has 8 nitrogen and oxygen atoms in total. The Labute approximate surface area is 361 Å². The minimum absolute atomic E-state index is 0.0315. The summed E-state index contributed by atoms with van der Waals surface area (Å²) in [5.41, 5.74) is 0. The van der Waals surface area contributed by atoms with Crippen molar-refractivity contribution in [3.63, 3.8) is 0 Å². The van der Waals surface area contributed by atoms with E-state index in [0.717, 1.165) is 32.1 Å². The summed E-state index contributed by atoms with van der Waals surface area (Å²) in [4.78, 5) is 25.1. The van der Waals surface area contributed by atoms with Gasteiger partial charge in [-0.05, 0) is 12.8 Å². The summed E-state index contributed by atoms with van der Waals surface area (Å²) in [5.74, 6) is -0.326. The van der Waals surface area contributed by atoms with Crippen LogP contribution in [0.15, 0.2) is 0 Å². The van der Waals surface area contributed by atoms with Crippen LogP contribution in [0.2, 0.25) is 0 Å². The smallest absolute Gasteiger partial charge is 0.306 e. The topological polar surface area (TPSA) is 94.1 Å². The van der Waals surface area contributed by atoms with Crippen molar-refractivity contribution in [2.45, 2.75) is 258 Å². The minimum Gasteiger partial charge on any atom is -0.756 e. The van der Waals surface area contributed by atoms with Gasteiger partial charge in [0.15, 0.2) is 0 Å². The van der Waals surface area contributed by atoms with Gasteiger partial charge in [0.2, 0.25) is 0 Å². The summed E-state index contributed by atoms with van der Waals surface area (Å²) in [6.45, 7) is 5.48. The predicted molar refractivity (Wildman–Crippen MR) is 245 cm³/mol. The van der Waals surface area contributed by atoms with Crippen LogP contribution in [0.5, 0.6) is 0 Å². The monoisotopic (exact) mass is 846 g/mol. The fourth-order valence-electron chi connectivity index (χ4n) is 7.49. The van der Waals surface area contributed by atoms with Crippen LogP contribution in [0.4, 0.5) is 0 Å². The molecule has 0 aromatic rings. The molecule has 2 unspecified atom stereocenters. The fourth-order valence-corrected chi connectivity index (χ4v) is 8.22. The molecule has 0 radical (unpaired) electrons. The van der Waals surface area contributed by atoms with Crippen LogP contribution < -0.4 is 4.89 Å². The lowest BCUT2D eigenvalue weighted by Crippen LogP contribution is -2.37. The van der Waals surface area contributed by atoms with Gasteiger partial charge in [-0.3, -0.25) is 9.36 Å². The van der Waals surface area contributed by atoms with E-state index in [1.54, 1.807) is 0 Å². The SMILES string of the molecule is CCCCCCCCCCCCCCCCCCCCCCCCCCC(=O)OC(COCCCCCCCCCCCCCC)COP(=O)([O-])OCC[N+](C)(C)C. The maximum absolute atomic E-state index is 12.7. The van der Waals surface area contributed by atoms with Crippen LogP contribution in [0, 0.1) is 0 Å². The zero-order valence-corrected chi connectivity index (χ0v) is 40.4. The molecular weight excluding hydrogens is 746 g/mol. The molecule has 9 heteroatoms. The number of quaternary nitrogens is 1. The Bertz CT molecular complexity index is 899. The van der Waals surface area contributed by atoms with Crippen LogP contribution in [0.3, 0.4) is 0 Å². The highest BCUT2D eigenvalue weighted by Crippen LogP contribution is 2.38. The van der Waals surface area contributed by atoms with Crippen molar-refractivity contribution in [1.82, 2.24) is 0 Å². The lowest BCUT2D eigenvalue weighted by atomic mass is 10.0. The lowest BCUT2D eigenvalue weighted by molar-refractivity contribution is -0.870. The third kappa shape index (κ3) is 46.6. The minimum atomic E-state index is -4.52. The van der Waals surface area contributed by atoms with Crippen molar-refractivity contribution in [3.05, 3.63) is 0 Å². The summed E-state index contributed by atoms with van der Waals surface area (Å²) >= 11 is 0. The number of nitrogens with zero attached hydrogens (tertiary/aromatic N) is 1. The zero-order valence-electron chi connectivity index (χ0n) is 39.5. The number of phosphoric ester groups is 1. The summed E-state index contributed by atoms with van der Waals surface area (Å²) in [7, 11) is 1.38. The molecule has 0 heterocycles. The number of carbonyl (C=O) groups is 1. The molecule has 0 aromatic carbocycles. The Morgan fingerprint density at radius 2 is 0.793 bits per heavy atom. The van der Waals surface area contributed by atoms with Crippen molar-refractivity contribution in [3.8, 4) is 0 Å². The second-order valence-electron chi connectivity index (χ2n) is 18.5. The molecule has 0 aromatic heterocycles. The molecule has 0 saturated heterocycles. The highest BCUT2D eigenvalue weighted by atomic mass is 31.2. The molecule has 0 aliphatic carbocycles. The molecule has 0 bridgehead atoms. The molecule has 0 saturated carbocycles. The standard InChI is InChI=1S/C49H100NO7P/c1-6-8-10-12-14-16-18-20-21-22-23-24-25-26-27-28-29-30-31-32-34-36-38-40-42-49(51)57-48(47-56-58(52,53)55-45-43-50(3,4)5)46-54-44-41-39-37-35-33-19-17-15-13-11-9-7-2/h48H,6-47H2,1-5H3. The van der Waals surface area contributed by atoms with E-state index >= 15 is 0 Å². The van der Waals surface area contributed by atoms with Crippen molar-refractivity contribution in [2.24, 2.45) is 0 Å². The highest BCUT2D eigenvalue weighted by Gasteiger charge is 2.20. The van der Waals surface area contributed by atoms with Gasteiger partial charge in [0.05, 0.1) is 34.4 Å². The fraction of sp³-hybridized carbons (Fsp3) is 0.980. The lowest BCUT2D eigenvalue weighted by Gasteiger charge is -2.28. The van der Waals surface area contributed by atoms with Crippen molar-refractivity contribution >= 4 is 13.8 Å². The first-order chi connectivity index (χ1) is 28.1. The Balaban J connectivity index is 4.01. The largest absolute Gasteiger partial charge is 0.756 e. The number of hydrogen-bond donors (Lipinski definition) is 0. The molecule has 348 valence electrons. The first-order valence-corrected chi connectivity index (χ1v) is 26.7. The Hall–Kier alpha value is -0.500. The summed E-state index contributed by atoms with van der Waals surface area (Å²) in [5, 5.41) is 0. The van der Waals surface area contributed by atoms with Gasteiger partial charge in [-0.2, -0.15) is 0 Å². The maximum Gasteiger partial charge on any atom is 0.306 e. The van der Waals surface area contributed by atoms with Crippen molar-refractivity contribution in [1.29, 1.82) is 0 Å². The quantitative estimate of drug-likeness (QED) is 0.0260. The van der Waals surface area contributed by atoms with Gasteiger partial charge in [0.25, 0.3) is 7.82 Å². The Kier molecular flexibility index (Phi) is 42.8. The number of hydrogen-bond acceptors (Lipinski definition) is 7. The predicted octanol–water partition coefficient (Wildman–Crippen LogP) is 14.6. The molecule has 0 fully saturated rings. The molecule has 0 rings (SSSR count).